The fourth-order valence-electron chi connectivity index (χ4n) is 1.97. The Morgan fingerprint density at radius 1 is 1.22 bits per heavy atom. The number of ether oxygens (including phenoxy) is 1. The van der Waals surface area contributed by atoms with Crippen molar-refractivity contribution < 1.29 is 24.7 Å². The summed E-state index contributed by atoms with van der Waals surface area (Å²) in [5, 5.41) is 31.5. The van der Waals surface area contributed by atoms with E-state index in [9.17, 15) is 25.1 Å². The van der Waals surface area contributed by atoms with Crippen LogP contribution in [0, 0.1) is 10.1 Å². The number of rotatable bonds is 5. The van der Waals surface area contributed by atoms with Gasteiger partial charge in [-0.2, -0.15) is 0 Å². The summed E-state index contributed by atoms with van der Waals surface area (Å²) in [7, 11) is 1.35. The van der Waals surface area contributed by atoms with Crippen LogP contribution in [0.4, 0.5) is 5.69 Å². The van der Waals surface area contributed by atoms with Crippen LogP contribution in [-0.2, 0) is 4.79 Å². The number of hydrogen-bond acceptors (Lipinski definition) is 5. The lowest BCUT2D eigenvalue weighted by atomic mass is 10.0. The van der Waals surface area contributed by atoms with Crippen molar-refractivity contribution in [2.24, 2.45) is 0 Å². The second-order valence-electron chi connectivity index (χ2n) is 4.58. The first kappa shape index (κ1) is 16.0. The lowest BCUT2D eigenvalue weighted by Crippen LogP contribution is -2.00. The second kappa shape index (κ2) is 6.61. The van der Waals surface area contributed by atoms with E-state index in [2.05, 4.69) is 0 Å². The van der Waals surface area contributed by atoms with Gasteiger partial charge in [0.25, 0.3) is 5.69 Å². The van der Waals surface area contributed by atoms with Gasteiger partial charge in [0.15, 0.2) is 0 Å². The van der Waals surface area contributed by atoms with Crippen LogP contribution < -0.4 is 9.84 Å². The molecule has 0 aliphatic carbocycles. The smallest absolute Gasteiger partial charge is 0.336 e. The highest BCUT2D eigenvalue weighted by molar-refractivity contribution is 6.20. The normalized spacial score (nSPS) is 11.1. The van der Waals surface area contributed by atoms with Gasteiger partial charge in [-0.25, -0.2) is 4.79 Å². The molecule has 0 saturated heterocycles. The van der Waals surface area contributed by atoms with Gasteiger partial charge in [0.05, 0.1) is 17.6 Å². The van der Waals surface area contributed by atoms with Crippen LogP contribution in [0.1, 0.15) is 11.1 Å². The van der Waals surface area contributed by atoms with Crippen molar-refractivity contribution in [1.82, 2.24) is 0 Å². The van der Waals surface area contributed by atoms with E-state index in [1.54, 1.807) is 0 Å². The molecule has 0 fully saturated rings. The topological polar surface area (TPSA) is 113 Å². The molecular weight excluding hydrogens is 302 g/mol. The zero-order valence-electron chi connectivity index (χ0n) is 12.1. The van der Waals surface area contributed by atoms with Gasteiger partial charge < -0.3 is 14.9 Å². The number of methoxy groups -OCH3 is 1. The average Bonchev–Trinajstić information content (AvgIpc) is 2.53. The Balaban J connectivity index is 2.45. The zero-order valence-corrected chi connectivity index (χ0v) is 12.1. The van der Waals surface area contributed by atoms with Gasteiger partial charge in [0.2, 0.25) is 0 Å². The molecule has 0 bridgehead atoms. The molecule has 0 amide bonds. The number of carboxylic acids is 1. The van der Waals surface area contributed by atoms with Crippen molar-refractivity contribution >= 4 is 23.3 Å². The molecule has 1 N–H and O–H groups in total. The number of carboxylic acid groups (broad SMARTS) is 1. The minimum absolute atomic E-state index is 0.0550. The molecule has 0 radical (unpaired) electrons. The molecule has 0 aliphatic rings. The molecular formula is C16H12NO6-. The number of nitrogens with zero attached hydrogens (tertiary/aromatic N) is 1. The van der Waals surface area contributed by atoms with E-state index >= 15 is 0 Å². The maximum Gasteiger partial charge on any atom is 0.336 e. The summed E-state index contributed by atoms with van der Waals surface area (Å²) < 4.78 is 4.91. The van der Waals surface area contributed by atoms with Crippen LogP contribution in [0.3, 0.4) is 0 Å². The molecule has 2 aromatic rings. The maximum atomic E-state index is 11.5. The van der Waals surface area contributed by atoms with E-state index in [0.717, 1.165) is 0 Å². The van der Waals surface area contributed by atoms with E-state index in [1.807, 2.05) is 0 Å². The van der Waals surface area contributed by atoms with Gasteiger partial charge in [0, 0.05) is 12.1 Å². The van der Waals surface area contributed by atoms with Crippen molar-refractivity contribution in [3.8, 4) is 11.5 Å². The highest BCUT2D eigenvalue weighted by atomic mass is 16.6. The zero-order chi connectivity index (χ0) is 17.0. The van der Waals surface area contributed by atoms with Crippen LogP contribution in [0.15, 0.2) is 42.5 Å². The Bertz CT molecular complexity index is 780. The average molecular weight is 314 g/mol. The summed E-state index contributed by atoms with van der Waals surface area (Å²) in [5.74, 6) is -1.40. The van der Waals surface area contributed by atoms with Crippen LogP contribution >= 0.6 is 0 Å². The minimum Gasteiger partial charge on any atom is -0.870 e. The number of non-ortho nitro benzene ring substituents is 1. The Kier molecular flexibility index (Phi) is 4.61. The second-order valence-corrected chi connectivity index (χ2v) is 4.58. The summed E-state index contributed by atoms with van der Waals surface area (Å²) >= 11 is 0. The van der Waals surface area contributed by atoms with Gasteiger partial charge in [-0.05, 0) is 35.4 Å². The summed E-state index contributed by atoms with van der Waals surface area (Å²) in [6.07, 6.45) is 1.37. The van der Waals surface area contributed by atoms with Crippen molar-refractivity contribution in [3.63, 3.8) is 0 Å². The van der Waals surface area contributed by atoms with Crippen LogP contribution in [0.5, 0.6) is 11.5 Å². The lowest BCUT2D eigenvalue weighted by Gasteiger charge is -2.12. The third kappa shape index (κ3) is 3.65. The van der Waals surface area contributed by atoms with E-state index in [0.29, 0.717) is 11.1 Å². The predicted molar refractivity (Wildman–Crippen MR) is 81.0 cm³/mol. The van der Waals surface area contributed by atoms with Crippen LogP contribution in [-0.4, -0.2) is 23.1 Å². The van der Waals surface area contributed by atoms with Crippen molar-refractivity contribution in [2.45, 2.75) is 0 Å². The molecule has 7 heteroatoms. The third-order valence-electron chi connectivity index (χ3n) is 3.12. The Labute approximate surface area is 131 Å². The summed E-state index contributed by atoms with van der Waals surface area (Å²) in [5.41, 5.74) is 0.599. The van der Waals surface area contributed by atoms with E-state index in [4.69, 9.17) is 4.74 Å². The van der Waals surface area contributed by atoms with Crippen molar-refractivity contribution in [1.29, 1.82) is 0 Å². The standard InChI is InChI=1S/C16H13NO6/c1-23-15-9-10(2-7-14(15)18)8-13(16(19)20)11-3-5-12(6-4-11)17(21)22/h2-9,18H,1H3,(H,19,20)/p-1/b13-8+. The highest BCUT2D eigenvalue weighted by Crippen LogP contribution is 2.27. The monoisotopic (exact) mass is 314 g/mol. The minimum atomic E-state index is -1.19. The first-order chi connectivity index (χ1) is 10.9. The largest absolute Gasteiger partial charge is 0.870 e. The third-order valence-corrected chi connectivity index (χ3v) is 3.12. The molecule has 0 saturated carbocycles. The maximum absolute atomic E-state index is 11.5. The van der Waals surface area contributed by atoms with Gasteiger partial charge in [-0.3, -0.25) is 10.1 Å². The van der Waals surface area contributed by atoms with Gasteiger partial charge in [-0.1, -0.05) is 17.9 Å². The van der Waals surface area contributed by atoms with Crippen LogP contribution in [0.25, 0.3) is 11.6 Å². The predicted octanol–water partition coefficient (Wildman–Crippen LogP) is 2.30. The quantitative estimate of drug-likeness (QED) is 0.392. The molecule has 0 unspecified atom stereocenters. The Morgan fingerprint density at radius 2 is 1.87 bits per heavy atom. The molecule has 0 aliphatic heterocycles. The van der Waals surface area contributed by atoms with Gasteiger partial charge in [-0.15, -0.1) is 0 Å². The van der Waals surface area contributed by atoms with E-state index < -0.39 is 10.9 Å². The van der Waals surface area contributed by atoms with Crippen molar-refractivity contribution in [2.75, 3.05) is 7.11 Å². The highest BCUT2D eigenvalue weighted by Gasteiger charge is 2.13. The van der Waals surface area contributed by atoms with E-state index in [-0.39, 0.29) is 22.8 Å². The molecule has 0 spiro atoms. The van der Waals surface area contributed by atoms with Gasteiger partial charge in [0.1, 0.15) is 5.75 Å². The molecule has 2 rings (SSSR count). The number of benzene rings is 2. The number of nitro groups is 1. The first-order valence-electron chi connectivity index (χ1n) is 6.47. The molecule has 118 valence electrons. The number of hydrogen-bond donors (Lipinski definition) is 1. The van der Waals surface area contributed by atoms with Crippen molar-refractivity contribution in [3.05, 3.63) is 63.7 Å². The van der Waals surface area contributed by atoms with E-state index in [1.165, 1.54) is 55.7 Å². The summed E-state index contributed by atoms with van der Waals surface area (Å²) in [6.45, 7) is 0. The molecule has 2 aromatic carbocycles. The SMILES string of the molecule is COc1cc(/C=C(/C(=O)O)c2ccc([N+](=O)[O-])cc2)ccc1[O-]. The summed E-state index contributed by atoms with van der Waals surface area (Å²) in [6, 6.07) is 9.35. The number of nitro benzene ring substituents is 1. The Morgan fingerprint density at radius 3 is 2.39 bits per heavy atom. The first-order valence-corrected chi connectivity index (χ1v) is 6.47. The van der Waals surface area contributed by atoms with Gasteiger partial charge >= 0.3 is 5.97 Å². The molecule has 0 atom stereocenters. The number of aliphatic carboxylic acids is 1. The molecule has 0 aromatic heterocycles. The molecule has 0 heterocycles. The Hall–Kier alpha value is -3.35. The fraction of sp³-hybridized carbons (Fsp3) is 0.0625. The summed E-state index contributed by atoms with van der Waals surface area (Å²) in [4.78, 5) is 21.5. The molecule has 23 heavy (non-hydrogen) atoms. The molecule has 7 nitrogen and oxygen atoms in total. The van der Waals surface area contributed by atoms with Crippen LogP contribution in [0.2, 0.25) is 0 Å². The number of carbonyl (C=O) groups is 1. The lowest BCUT2D eigenvalue weighted by molar-refractivity contribution is -0.384. The fourth-order valence-corrected chi connectivity index (χ4v) is 1.97.